The Hall–Kier alpha value is -2.05. The van der Waals surface area contributed by atoms with Crippen LogP contribution in [-0.2, 0) is 11.3 Å². The van der Waals surface area contributed by atoms with Crippen molar-refractivity contribution in [1.82, 2.24) is 25.7 Å². The van der Waals surface area contributed by atoms with Crippen molar-refractivity contribution in [3.05, 3.63) is 18.0 Å². The predicted octanol–water partition coefficient (Wildman–Crippen LogP) is 1.47. The minimum Gasteiger partial charge on any atom is -0.354 e. The summed E-state index contributed by atoms with van der Waals surface area (Å²) in [6, 6.07) is 1.69. The lowest BCUT2D eigenvalue weighted by Crippen LogP contribution is -2.48. The zero-order valence-electron chi connectivity index (χ0n) is 13.4. The van der Waals surface area contributed by atoms with Gasteiger partial charge in [0.05, 0.1) is 18.3 Å². The van der Waals surface area contributed by atoms with Crippen LogP contribution in [0.4, 0.5) is 4.79 Å². The zero-order valence-corrected chi connectivity index (χ0v) is 13.4. The van der Waals surface area contributed by atoms with Crippen LogP contribution in [0, 0.1) is 0 Å². The van der Waals surface area contributed by atoms with Gasteiger partial charge in [-0.1, -0.05) is 12.8 Å². The Morgan fingerprint density at radius 1 is 1.26 bits per heavy atom. The van der Waals surface area contributed by atoms with Gasteiger partial charge in [-0.25, -0.2) is 4.79 Å². The highest BCUT2D eigenvalue weighted by Gasteiger charge is 2.22. The van der Waals surface area contributed by atoms with E-state index in [9.17, 15) is 9.59 Å². The lowest BCUT2D eigenvalue weighted by molar-refractivity contribution is -0.122. The van der Waals surface area contributed by atoms with E-state index in [-0.39, 0.29) is 11.9 Å². The molecule has 126 valence electrons. The fraction of sp³-hybridized carbons (Fsp3) is 0.688. The van der Waals surface area contributed by atoms with Crippen LogP contribution < -0.4 is 16.0 Å². The molecular formula is C16H25N5O2. The van der Waals surface area contributed by atoms with Gasteiger partial charge < -0.3 is 16.0 Å². The van der Waals surface area contributed by atoms with Crippen molar-refractivity contribution in [2.75, 3.05) is 6.54 Å². The van der Waals surface area contributed by atoms with Crippen molar-refractivity contribution in [2.24, 2.45) is 0 Å². The summed E-state index contributed by atoms with van der Waals surface area (Å²) in [6.45, 7) is 1.07. The Labute approximate surface area is 136 Å². The standard InChI is InChI=1S/C16H25N5O2/c22-15-14(7-3-4-9-17-15)19-16(23)18-11-12-8-10-21(20-12)13-5-1-2-6-13/h8,10,13-14H,1-7,9,11H2,(H,17,22)(H2,18,19,23)/t14-/m1/s1. The van der Waals surface area contributed by atoms with E-state index in [1.807, 2.05) is 16.9 Å². The molecule has 0 radical (unpaired) electrons. The topological polar surface area (TPSA) is 88.1 Å². The highest BCUT2D eigenvalue weighted by Crippen LogP contribution is 2.28. The van der Waals surface area contributed by atoms with Crippen LogP contribution >= 0.6 is 0 Å². The molecule has 7 nitrogen and oxygen atoms in total. The number of urea groups is 1. The van der Waals surface area contributed by atoms with E-state index in [0.717, 1.165) is 18.5 Å². The Bertz CT molecular complexity index is 550. The van der Waals surface area contributed by atoms with E-state index in [0.29, 0.717) is 25.6 Å². The maximum atomic E-state index is 12.0. The van der Waals surface area contributed by atoms with E-state index < -0.39 is 6.04 Å². The van der Waals surface area contributed by atoms with Gasteiger partial charge in [-0.15, -0.1) is 0 Å². The van der Waals surface area contributed by atoms with E-state index in [2.05, 4.69) is 21.0 Å². The summed E-state index contributed by atoms with van der Waals surface area (Å²) in [5, 5.41) is 12.9. The molecule has 2 fully saturated rings. The summed E-state index contributed by atoms with van der Waals surface area (Å²) < 4.78 is 2.01. The molecule has 3 N–H and O–H groups in total. The van der Waals surface area contributed by atoms with Crippen LogP contribution in [0.2, 0.25) is 0 Å². The van der Waals surface area contributed by atoms with Crippen LogP contribution in [0.3, 0.4) is 0 Å². The minimum absolute atomic E-state index is 0.0943. The normalized spacial score (nSPS) is 22.4. The third kappa shape index (κ3) is 4.24. The van der Waals surface area contributed by atoms with Crippen molar-refractivity contribution < 1.29 is 9.59 Å². The Kier molecular flexibility index (Phi) is 5.15. The Morgan fingerprint density at radius 2 is 2.04 bits per heavy atom. The summed E-state index contributed by atoms with van der Waals surface area (Å²) in [5.74, 6) is -0.0943. The Morgan fingerprint density at radius 3 is 2.87 bits per heavy atom. The molecule has 7 heteroatoms. The second-order valence-corrected chi connectivity index (χ2v) is 6.39. The monoisotopic (exact) mass is 319 g/mol. The van der Waals surface area contributed by atoms with Crippen molar-refractivity contribution in [1.29, 1.82) is 0 Å². The lowest BCUT2D eigenvalue weighted by Gasteiger charge is -2.15. The van der Waals surface area contributed by atoms with Crippen molar-refractivity contribution in [2.45, 2.75) is 63.6 Å². The molecule has 0 aromatic carbocycles. The van der Waals surface area contributed by atoms with Crippen LogP contribution in [0.25, 0.3) is 0 Å². The smallest absolute Gasteiger partial charge is 0.315 e. The second-order valence-electron chi connectivity index (χ2n) is 6.39. The van der Waals surface area contributed by atoms with Crippen molar-refractivity contribution >= 4 is 11.9 Å². The number of rotatable bonds is 4. The van der Waals surface area contributed by atoms with Gasteiger partial charge in [0.15, 0.2) is 0 Å². The zero-order chi connectivity index (χ0) is 16.1. The number of nitrogens with one attached hydrogen (secondary N) is 3. The molecule has 1 saturated carbocycles. The first-order chi connectivity index (χ1) is 11.2. The molecule has 23 heavy (non-hydrogen) atoms. The molecule has 0 bridgehead atoms. The van der Waals surface area contributed by atoms with Gasteiger partial charge >= 0.3 is 6.03 Å². The average molecular weight is 319 g/mol. The molecule has 1 aliphatic carbocycles. The second kappa shape index (κ2) is 7.48. The molecule has 1 aromatic rings. The van der Waals surface area contributed by atoms with Gasteiger partial charge in [0, 0.05) is 12.7 Å². The molecule has 1 aliphatic heterocycles. The summed E-state index contributed by atoms with van der Waals surface area (Å²) in [5.41, 5.74) is 0.845. The van der Waals surface area contributed by atoms with E-state index in [4.69, 9.17) is 0 Å². The third-order valence-electron chi connectivity index (χ3n) is 4.63. The number of amides is 3. The van der Waals surface area contributed by atoms with Crippen molar-refractivity contribution in [3.63, 3.8) is 0 Å². The predicted molar refractivity (Wildman–Crippen MR) is 85.8 cm³/mol. The van der Waals surface area contributed by atoms with Gasteiger partial charge in [-0.05, 0) is 38.2 Å². The number of aromatic nitrogens is 2. The fourth-order valence-electron chi connectivity index (χ4n) is 3.30. The van der Waals surface area contributed by atoms with Crippen LogP contribution in [-0.4, -0.2) is 34.3 Å². The summed E-state index contributed by atoms with van der Waals surface area (Å²) in [4.78, 5) is 23.8. The quantitative estimate of drug-likeness (QED) is 0.785. The van der Waals surface area contributed by atoms with Crippen LogP contribution in [0.1, 0.15) is 56.7 Å². The third-order valence-corrected chi connectivity index (χ3v) is 4.63. The van der Waals surface area contributed by atoms with Crippen LogP contribution in [0.15, 0.2) is 12.3 Å². The number of hydrogen-bond acceptors (Lipinski definition) is 3. The molecular weight excluding hydrogens is 294 g/mol. The van der Waals surface area contributed by atoms with Crippen molar-refractivity contribution in [3.8, 4) is 0 Å². The minimum atomic E-state index is -0.437. The molecule has 1 aromatic heterocycles. The van der Waals surface area contributed by atoms with Gasteiger partial charge in [-0.2, -0.15) is 5.10 Å². The number of carbonyl (C=O) groups excluding carboxylic acids is 2. The number of carbonyl (C=O) groups is 2. The molecule has 2 heterocycles. The van der Waals surface area contributed by atoms with Gasteiger partial charge in [0.1, 0.15) is 6.04 Å². The lowest BCUT2D eigenvalue weighted by atomic mass is 10.1. The molecule has 2 aliphatic rings. The molecule has 0 spiro atoms. The van der Waals surface area contributed by atoms with Gasteiger partial charge in [-0.3, -0.25) is 9.48 Å². The summed E-state index contributed by atoms with van der Waals surface area (Å²) in [7, 11) is 0. The maximum Gasteiger partial charge on any atom is 0.315 e. The highest BCUT2D eigenvalue weighted by atomic mass is 16.2. The van der Waals surface area contributed by atoms with E-state index in [1.165, 1.54) is 25.7 Å². The first kappa shape index (κ1) is 15.8. The van der Waals surface area contributed by atoms with Gasteiger partial charge in [0.25, 0.3) is 0 Å². The first-order valence-corrected chi connectivity index (χ1v) is 8.58. The fourth-order valence-corrected chi connectivity index (χ4v) is 3.30. The largest absolute Gasteiger partial charge is 0.354 e. The summed E-state index contributed by atoms with van der Waals surface area (Å²) in [6.07, 6.45) is 9.49. The average Bonchev–Trinajstić information content (AvgIpc) is 3.18. The van der Waals surface area contributed by atoms with E-state index >= 15 is 0 Å². The maximum absolute atomic E-state index is 12.0. The first-order valence-electron chi connectivity index (χ1n) is 8.58. The molecule has 3 amide bonds. The number of hydrogen-bond donors (Lipinski definition) is 3. The molecule has 1 atom stereocenters. The van der Waals surface area contributed by atoms with Gasteiger partial charge in [0.2, 0.25) is 5.91 Å². The Balaban J connectivity index is 1.46. The van der Waals surface area contributed by atoms with Crippen LogP contribution in [0.5, 0.6) is 0 Å². The number of nitrogens with zero attached hydrogens (tertiary/aromatic N) is 2. The summed E-state index contributed by atoms with van der Waals surface area (Å²) >= 11 is 0. The SMILES string of the molecule is O=C(NCc1ccn(C2CCCC2)n1)N[C@@H]1CCCCNC1=O. The highest BCUT2D eigenvalue weighted by molar-refractivity contribution is 5.87. The molecule has 1 saturated heterocycles. The molecule has 0 unspecified atom stereocenters. The van der Waals surface area contributed by atoms with E-state index in [1.54, 1.807) is 0 Å². The molecule has 3 rings (SSSR count).